The predicted octanol–water partition coefficient (Wildman–Crippen LogP) is 3.19. The first-order chi connectivity index (χ1) is 9.63. The number of thiazole rings is 1. The quantitative estimate of drug-likeness (QED) is 0.655. The van der Waals surface area contributed by atoms with E-state index in [2.05, 4.69) is 4.98 Å². The number of nitrogens with one attached hydrogen (secondary N) is 1. The van der Waals surface area contributed by atoms with Gasteiger partial charge < -0.3 is 10.5 Å². The summed E-state index contributed by atoms with van der Waals surface area (Å²) < 4.78 is 5.73. The van der Waals surface area contributed by atoms with Crippen LogP contribution in [-0.2, 0) is 6.61 Å². The molecule has 4 nitrogen and oxygen atoms in total. The fraction of sp³-hybridized carbons (Fsp3) is 0.333. The third kappa shape index (κ3) is 2.82. The van der Waals surface area contributed by atoms with E-state index in [4.69, 9.17) is 15.9 Å². The van der Waals surface area contributed by atoms with Gasteiger partial charge in [0.15, 0.2) is 0 Å². The number of nitrogens with zero attached hydrogens (tertiary/aromatic N) is 1. The minimum Gasteiger partial charge on any atom is -0.486 e. The molecule has 20 heavy (non-hydrogen) atoms. The SMILES string of the molecule is Cc1ccc(OCc2nc(C3CC3)c(C(=N)N)s2)cc1. The Morgan fingerprint density at radius 2 is 2.10 bits per heavy atom. The average Bonchev–Trinajstić information content (AvgIpc) is 3.18. The monoisotopic (exact) mass is 287 g/mol. The van der Waals surface area contributed by atoms with Crippen LogP contribution in [0, 0.1) is 12.3 Å². The highest BCUT2D eigenvalue weighted by Gasteiger charge is 2.30. The van der Waals surface area contributed by atoms with Crippen molar-refractivity contribution < 1.29 is 4.74 Å². The number of benzene rings is 1. The molecule has 2 aromatic rings. The van der Waals surface area contributed by atoms with Crippen molar-refractivity contribution in [1.29, 1.82) is 5.41 Å². The van der Waals surface area contributed by atoms with E-state index >= 15 is 0 Å². The maximum absolute atomic E-state index is 7.64. The predicted molar refractivity (Wildman–Crippen MR) is 80.6 cm³/mol. The Morgan fingerprint density at radius 3 is 2.70 bits per heavy atom. The van der Waals surface area contributed by atoms with Crippen molar-refractivity contribution in [2.45, 2.75) is 32.3 Å². The van der Waals surface area contributed by atoms with Crippen molar-refractivity contribution in [3.05, 3.63) is 45.4 Å². The molecule has 1 fully saturated rings. The van der Waals surface area contributed by atoms with Crippen LogP contribution >= 0.6 is 11.3 Å². The largest absolute Gasteiger partial charge is 0.486 e. The van der Waals surface area contributed by atoms with Crippen molar-refractivity contribution in [2.75, 3.05) is 0 Å². The Morgan fingerprint density at radius 1 is 1.40 bits per heavy atom. The molecule has 0 amide bonds. The Bertz CT molecular complexity index is 629. The fourth-order valence-electron chi connectivity index (χ4n) is 2.05. The summed E-state index contributed by atoms with van der Waals surface area (Å²) in [6, 6.07) is 7.95. The zero-order valence-electron chi connectivity index (χ0n) is 11.3. The number of amidine groups is 1. The van der Waals surface area contributed by atoms with E-state index in [1.165, 1.54) is 16.9 Å². The Kier molecular flexibility index (Phi) is 3.44. The van der Waals surface area contributed by atoms with E-state index in [0.717, 1.165) is 34.2 Å². The first-order valence-electron chi connectivity index (χ1n) is 6.67. The van der Waals surface area contributed by atoms with Gasteiger partial charge in [-0.2, -0.15) is 0 Å². The second-order valence-corrected chi connectivity index (χ2v) is 6.20. The standard InChI is InChI=1S/C15H17N3OS/c1-9-2-6-11(7-3-9)19-8-12-18-13(10-4-5-10)14(20-12)15(16)17/h2-3,6-7,10H,4-5,8H2,1H3,(H3,16,17). The molecule has 1 aliphatic carbocycles. The molecular formula is C15H17N3OS. The minimum absolute atomic E-state index is 0.117. The van der Waals surface area contributed by atoms with Crippen LogP contribution < -0.4 is 10.5 Å². The normalized spacial score (nSPS) is 14.2. The van der Waals surface area contributed by atoms with Gasteiger partial charge >= 0.3 is 0 Å². The number of aryl methyl sites for hydroxylation is 1. The maximum atomic E-state index is 7.64. The lowest BCUT2D eigenvalue weighted by atomic mass is 10.2. The second-order valence-electron chi connectivity index (χ2n) is 5.11. The molecule has 1 saturated carbocycles. The smallest absolute Gasteiger partial charge is 0.140 e. The summed E-state index contributed by atoms with van der Waals surface area (Å²) >= 11 is 1.47. The van der Waals surface area contributed by atoms with Crippen LogP contribution in [0.4, 0.5) is 0 Å². The number of hydrogen-bond acceptors (Lipinski definition) is 4. The average molecular weight is 287 g/mol. The highest BCUT2D eigenvalue weighted by molar-refractivity contribution is 7.13. The molecule has 3 rings (SSSR count). The maximum Gasteiger partial charge on any atom is 0.140 e. The van der Waals surface area contributed by atoms with Crippen molar-refractivity contribution in [1.82, 2.24) is 4.98 Å². The topological polar surface area (TPSA) is 72.0 Å². The summed E-state index contributed by atoms with van der Waals surface area (Å²) in [5, 5.41) is 8.52. The van der Waals surface area contributed by atoms with Crippen molar-refractivity contribution in [2.24, 2.45) is 5.73 Å². The van der Waals surface area contributed by atoms with E-state index < -0.39 is 0 Å². The molecule has 0 unspecified atom stereocenters. The molecule has 1 aromatic heterocycles. The van der Waals surface area contributed by atoms with Crippen LogP contribution in [0.5, 0.6) is 5.75 Å². The molecule has 0 aliphatic heterocycles. The molecule has 0 atom stereocenters. The number of rotatable bonds is 5. The molecule has 0 bridgehead atoms. The summed E-state index contributed by atoms with van der Waals surface area (Å²) in [5.41, 5.74) is 7.83. The third-order valence-corrected chi connectivity index (χ3v) is 4.37. The molecule has 0 saturated heterocycles. The summed E-state index contributed by atoms with van der Waals surface area (Å²) in [6.07, 6.45) is 2.31. The van der Waals surface area contributed by atoms with Gasteiger partial charge in [0.25, 0.3) is 0 Å². The molecule has 0 radical (unpaired) electrons. The van der Waals surface area contributed by atoms with Gasteiger partial charge in [-0.15, -0.1) is 11.3 Å². The lowest BCUT2D eigenvalue weighted by molar-refractivity contribution is 0.305. The lowest BCUT2D eigenvalue weighted by Crippen LogP contribution is -2.11. The van der Waals surface area contributed by atoms with E-state index in [0.29, 0.717) is 12.5 Å². The van der Waals surface area contributed by atoms with Crippen molar-refractivity contribution >= 4 is 17.2 Å². The van der Waals surface area contributed by atoms with Crippen LogP contribution in [0.1, 0.15) is 39.9 Å². The van der Waals surface area contributed by atoms with Crippen LogP contribution in [-0.4, -0.2) is 10.8 Å². The van der Waals surface area contributed by atoms with Crippen LogP contribution in [0.15, 0.2) is 24.3 Å². The molecule has 1 aliphatic rings. The first-order valence-corrected chi connectivity index (χ1v) is 7.48. The van der Waals surface area contributed by atoms with Gasteiger partial charge in [-0.3, -0.25) is 5.41 Å². The van der Waals surface area contributed by atoms with E-state index in [1.807, 2.05) is 31.2 Å². The number of nitrogens with two attached hydrogens (primary N) is 1. The zero-order chi connectivity index (χ0) is 14.1. The van der Waals surface area contributed by atoms with Gasteiger partial charge in [-0.05, 0) is 31.9 Å². The van der Waals surface area contributed by atoms with E-state index in [9.17, 15) is 0 Å². The van der Waals surface area contributed by atoms with Gasteiger partial charge in [-0.25, -0.2) is 4.98 Å². The van der Waals surface area contributed by atoms with E-state index in [1.54, 1.807) is 0 Å². The highest BCUT2D eigenvalue weighted by atomic mass is 32.1. The summed E-state index contributed by atoms with van der Waals surface area (Å²) in [7, 11) is 0. The highest BCUT2D eigenvalue weighted by Crippen LogP contribution is 2.42. The van der Waals surface area contributed by atoms with Crippen LogP contribution in [0.2, 0.25) is 0 Å². The number of hydrogen-bond donors (Lipinski definition) is 2. The zero-order valence-corrected chi connectivity index (χ0v) is 12.2. The van der Waals surface area contributed by atoms with Crippen LogP contribution in [0.3, 0.4) is 0 Å². The number of nitrogen functional groups attached to an aromatic ring is 1. The van der Waals surface area contributed by atoms with Gasteiger partial charge in [0, 0.05) is 5.92 Å². The Hall–Kier alpha value is -1.88. The summed E-state index contributed by atoms with van der Waals surface area (Å²) in [5.74, 6) is 1.45. The van der Waals surface area contributed by atoms with Gasteiger partial charge in [0.05, 0.1) is 10.6 Å². The molecule has 3 N–H and O–H groups in total. The van der Waals surface area contributed by atoms with E-state index in [-0.39, 0.29) is 5.84 Å². The fourth-order valence-corrected chi connectivity index (χ4v) is 2.97. The van der Waals surface area contributed by atoms with Crippen LogP contribution in [0.25, 0.3) is 0 Å². The van der Waals surface area contributed by atoms with Crippen molar-refractivity contribution in [3.8, 4) is 5.75 Å². The second kappa shape index (κ2) is 5.25. The molecule has 1 heterocycles. The van der Waals surface area contributed by atoms with Crippen molar-refractivity contribution in [3.63, 3.8) is 0 Å². The lowest BCUT2D eigenvalue weighted by Gasteiger charge is -2.03. The Labute approximate surface area is 122 Å². The minimum atomic E-state index is 0.117. The number of ether oxygens (including phenoxy) is 1. The molecule has 0 spiro atoms. The molecule has 1 aromatic carbocycles. The van der Waals surface area contributed by atoms with Gasteiger partial charge in [-0.1, -0.05) is 17.7 Å². The number of aromatic nitrogens is 1. The first kappa shape index (κ1) is 13.1. The molecule has 104 valence electrons. The third-order valence-electron chi connectivity index (χ3n) is 3.29. The Balaban J connectivity index is 1.72. The molecule has 5 heteroatoms. The summed E-state index contributed by atoms with van der Waals surface area (Å²) in [4.78, 5) is 5.41. The molecular weight excluding hydrogens is 270 g/mol. The van der Waals surface area contributed by atoms with Gasteiger partial charge in [0.2, 0.25) is 0 Å². The summed E-state index contributed by atoms with van der Waals surface area (Å²) in [6.45, 7) is 2.48. The van der Waals surface area contributed by atoms with Gasteiger partial charge in [0.1, 0.15) is 23.2 Å².